The highest BCUT2D eigenvalue weighted by atomic mass is 32.2. The molecule has 0 unspecified atom stereocenters. The van der Waals surface area contributed by atoms with E-state index in [1.54, 1.807) is 31.4 Å². The number of ketones is 1. The van der Waals surface area contributed by atoms with E-state index in [1.807, 2.05) is 54.6 Å². The molecule has 0 spiro atoms. The number of hydrogen-bond donors (Lipinski definition) is 0. The van der Waals surface area contributed by atoms with Crippen LogP contribution in [-0.4, -0.2) is 28.6 Å². The van der Waals surface area contributed by atoms with Crippen molar-refractivity contribution in [3.8, 4) is 11.5 Å². The summed E-state index contributed by atoms with van der Waals surface area (Å²) in [5.41, 5.74) is 1.48. The van der Waals surface area contributed by atoms with Crippen molar-refractivity contribution in [2.45, 2.75) is 11.6 Å². The molecule has 0 aliphatic heterocycles. The summed E-state index contributed by atoms with van der Waals surface area (Å²) in [7, 11) is 1.60. The molecule has 0 aliphatic carbocycles. The van der Waals surface area contributed by atoms with Gasteiger partial charge in [0, 0.05) is 10.9 Å². The highest BCUT2D eigenvalue weighted by Crippen LogP contribution is 2.26. The summed E-state index contributed by atoms with van der Waals surface area (Å²) in [5, 5.41) is 1.70. The number of aromatic nitrogens is 2. The van der Waals surface area contributed by atoms with Gasteiger partial charge in [-0.15, -0.1) is 0 Å². The number of ether oxygens (including phenoxy) is 2. The van der Waals surface area contributed by atoms with Crippen LogP contribution in [0.2, 0.25) is 0 Å². The maximum absolute atomic E-state index is 12.6. The number of nitrogens with zero attached hydrogens (tertiary/aromatic N) is 2. The minimum atomic E-state index is 0.0347. The van der Waals surface area contributed by atoms with E-state index < -0.39 is 0 Å². The lowest BCUT2D eigenvalue weighted by atomic mass is 10.1. The third kappa shape index (κ3) is 4.78. The van der Waals surface area contributed by atoms with Crippen LogP contribution >= 0.6 is 11.8 Å². The minimum Gasteiger partial charge on any atom is -0.497 e. The Bertz CT molecular complexity index is 1150. The molecule has 30 heavy (non-hydrogen) atoms. The number of benzene rings is 3. The number of hydrogen-bond acceptors (Lipinski definition) is 6. The van der Waals surface area contributed by atoms with E-state index in [2.05, 4.69) is 9.97 Å². The van der Waals surface area contributed by atoms with Crippen LogP contribution in [0, 0.1) is 0 Å². The van der Waals surface area contributed by atoms with Crippen molar-refractivity contribution in [3.05, 3.63) is 90.3 Å². The SMILES string of the molecule is COc1ccc(C(=O)CSc2nc(COc3ccccc3)nc3ccccc23)cc1. The zero-order valence-electron chi connectivity index (χ0n) is 16.4. The normalized spacial score (nSPS) is 10.7. The number of rotatable bonds is 8. The maximum Gasteiger partial charge on any atom is 0.173 e. The smallest absolute Gasteiger partial charge is 0.173 e. The van der Waals surface area contributed by atoms with Crippen molar-refractivity contribution >= 4 is 28.4 Å². The molecular formula is C24H20N2O3S. The molecule has 4 rings (SSSR count). The summed E-state index contributed by atoms with van der Waals surface area (Å²) in [6, 6.07) is 24.5. The van der Waals surface area contributed by atoms with Crippen LogP contribution in [0.4, 0.5) is 0 Å². The third-order valence-corrected chi connectivity index (χ3v) is 5.47. The van der Waals surface area contributed by atoms with Gasteiger partial charge in [0.2, 0.25) is 0 Å². The molecule has 0 N–H and O–H groups in total. The van der Waals surface area contributed by atoms with Crippen LogP contribution in [-0.2, 0) is 6.61 Å². The number of thioether (sulfide) groups is 1. The van der Waals surface area contributed by atoms with Gasteiger partial charge in [0.15, 0.2) is 11.6 Å². The second-order valence-corrected chi connectivity index (χ2v) is 7.47. The van der Waals surface area contributed by atoms with Gasteiger partial charge >= 0.3 is 0 Å². The number of para-hydroxylation sites is 2. The van der Waals surface area contributed by atoms with Gasteiger partial charge in [-0.3, -0.25) is 4.79 Å². The first-order valence-electron chi connectivity index (χ1n) is 9.46. The maximum atomic E-state index is 12.6. The average molecular weight is 417 g/mol. The highest BCUT2D eigenvalue weighted by Gasteiger charge is 2.12. The van der Waals surface area contributed by atoms with E-state index in [0.29, 0.717) is 11.4 Å². The van der Waals surface area contributed by atoms with E-state index in [4.69, 9.17) is 9.47 Å². The van der Waals surface area contributed by atoms with Crippen LogP contribution in [0.3, 0.4) is 0 Å². The molecular weight excluding hydrogens is 396 g/mol. The fraction of sp³-hybridized carbons (Fsp3) is 0.125. The summed E-state index contributed by atoms with van der Waals surface area (Å²) >= 11 is 1.41. The van der Waals surface area contributed by atoms with Gasteiger partial charge in [-0.1, -0.05) is 48.2 Å². The number of carbonyl (C=O) groups excluding carboxylic acids is 1. The third-order valence-electron chi connectivity index (χ3n) is 4.48. The molecule has 1 aromatic heterocycles. The van der Waals surface area contributed by atoms with E-state index in [1.165, 1.54) is 11.8 Å². The number of Topliss-reactive ketones (excluding diaryl/α,β-unsaturated/α-hetero) is 1. The van der Waals surface area contributed by atoms with Crippen molar-refractivity contribution in [2.75, 3.05) is 12.9 Å². The van der Waals surface area contributed by atoms with Crippen LogP contribution in [0.1, 0.15) is 16.2 Å². The number of fused-ring (bicyclic) bond motifs is 1. The fourth-order valence-corrected chi connectivity index (χ4v) is 3.86. The van der Waals surface area contributed by atoms with Crippen LogP contribution in [0.25, 0.3) is 10.9 Å². The van der Waals surface area contributed by atoms with E-state index in [-0.39, 0.29) is 18.1 Å². The Morgan fingerprint density at radius 3 is 2.37 bits per heavy atom. The molecule has 0 saturated heterocycles. The second kappa shape index (κ2) is 9.41. The van der Waals surface area contributed by atoms with Gasteiger partial charge in [-0.05, 0) is 42.5 Å². The summed E-state index contributed by atoms with van der Waals surface area (Å²) in [6.07, 6.45) is 0. The number of methoxy groups -OCH3 is 1. The zero-order valence-corrected chi connectivity index (χ0v) is 17.3. The Balaban J connectivity index is 1.52. The summed E-state index contributed by atoms with van der Waals surface area (Å²) in [5.74, 6) is 2.39. The van der Waals surface area contributed by atoms with E-state index in [9.17, 15) is 4.79 Å². The lowest BCUT2D eigenvalue weighted by Gasteiger charge is -2.10. The Hall–Kier alpha value is -3.38. The Kier molecular flexibility index (Phi) is 6.25. The first-order chi connectivity index (χ1) is 14.7. The lowest BCUT2D eigenvalue weighted by Crippen LogP contribution is -2.06. The molecule has 150 valence electrons. The molecule has 6 heteroatoms. The number of carbonyl (C=O) groups is 1. The zero-order chi connectivity index (χ0) is 20.8. The molecule has 0 atom stereocenters. The van der Waals surface area contributed by atoms with Gasteiger partial charge in [0.05, 0.1) is 18.4 Å². The molecule has 0 saturated carbocycles. The molecule has 4 aromatic rings. The second-order valence-electron chi connectivity index (χ2n) is 6.50. The summed E-state index contributed by atoms with van der Waals surface area (Å²) in [4.78, 5) is 21.9. The van der Waals surface area contributed by atoms with Crippen molar-refractivity contribution in [1.29, 1.82) is 0 Å². The molecule has 0 bridgehead atoms. The van der Waals surface area contributed by atoms with Gasteiger partial charge in [-0.2, -0.15) is 0 Å². The molecule has 1 heterocycles. The minimum absolute atomic E-state index is 0.0347. The first kappa shape index (κ1) is 19.9. The van der Waals surface area contributed by atoms with E-state index in [0.717, 1.165) is 27.4 Å². The standard InChI is InChI=1S/C24H20N2O3S/c1-28-18-13-11-17(12-14-18)22(27)16-30-24-20-9-5-6-10-21(20)25-23(26-24)15-29-19-7-3-2-4-8-19/h2-14H,15-16H2,1H3. The van der Waals surface area contributed by atoms with Gasteiger partial charge in [0.25, 0.3) is 0 Å². The Morgan fingerprint density at radius 1 is 0.867 bits per heavy atom. The Labute approximate surface area is 179 Å². The molecule has 0 aliphatic rings. The van der Waals surface area contributed by atoms with Crippen molar-refractivity contribution in [1.82, 2.24) is 9.97 Å². The molecule has 0 fully saturated rings. The molecule has 0 radical (unpaired) electrons. The Morgan fingerprint density at radius 2 is 1.60 bits per heavy atom. The molecule has 5 nitrogen and oxygen atoms in total. The molecule has 3 aromatic carbocycles. The quantitative estimate of drug-likeness (QED) is 0.224. The topological polar surface area (TPSA) is 61.3 Å². The predicted molar refractivity (Wildman–Crippen MR) is 118 cm³/mol. The van der Waals surface area contributed by atoms with Crippen LogP contribution in [0.15, 0.2) is 83.9 Å². The molecule has 0 amide bonds. The lowest BCUT2D eigenvalue weighted by molar-refractivity contribution is 0.102. The van der Waals surface area contributed by atoms with Crippen LogP contribution < -0.4 is 9.47 Å². The summed E-state index contributed by atoms with van der Waals surface area (Å²) in [6.45, 7) is 0.259. The van der Waals surface area contributed by atoms with Gasteiger partial charge < -0.3 is 9.47 Å². The van der Waals surface area contributed by atoms with Crippen LogP contribution in [0.5, 0.6) is 11.5 Å². The highest BCUT2D eigenvalue weighted by molar-refractivity contribution is 8.00. The fourth-order valence-electron chi connectivity index (χ4n) is 2.93. The predicted octanol–water partition coefficient (Wildman–Crippen LogP) is 5.19. The summed E-state index contributed by atoms with van der Waals surface area (Å²) < 4.78 is 10.9. The average Bonchev–Trinajstić information content (AvgIpc) is 2.81. The van der Waals surface area contributed by atoms with Crippen molar-refractivity contribution in [2.24, 2.45) is 0 Å². The monoisotopic (exact) mass is 416 g/mol. The van der Waals surface area contributed by atoms with Crippen molar-refractivity contribution in [3.63, 3.8) is 0 Å². The largest absolute Gasteiger partial charge is 0.497 e. The van der Waals surface area contributed by atoms with Crippen molar-refractivity contribution < 1.29 is 14.3 Å². The van der Waals surface area contributed by atoms with Gasteiger partial charge in [0.1, 0.15) is 23.1 Å². The van der Waals surface area contributed by atoms with E-state index >= 15 is 0 Å². The first-order valence-corrected chi connectivity index (χ1v) is 10.4. The van der Waals surface area contributed by atoms with Gasteiger partial charge in [-0.25, -0.2) is 9.97 Å².